The zero-order valence-corrected chi connectivity index (χ0v) is 24.7. The number of benzene rings is 3. The van der Waals surface area contributed by atoms with Crippen molar-refractivity contribution in [2.24, 2.45) is 11.7 Å². The first-order valence-electron chi connectivity index (χ1n) is 12.6. The molecule has 0 aromatic heterocycles. The van der Waals surface area contributed by atoms with E-state index in [1.54, 1.807) is 6.92 Å². The maximum Gasteiger partial charge on any atom is 0.252 e. The quantitative estimate of drug-likeness (QED) is 0.274. The van der Waals surface area contributed by atoms with E-state index in [1.165, 1.54) is 18.2 Å². The second-order valence-corrected chi connectivity index (χ2v) is 12.9. The van der Waals surface area contributed by atoms with Gasteiger partial charge in [-0.2, -0.15) is 0 Å². The van der Waals surface area contributed by atoms with E-state index >= 15 is 0 Å². The maximum absolute atomic E-state index is 13.0. The van der Waals surface area contributed by atoms with Crippen LogP contribution in [-0.4, -0.2) is 50.0 Å². The topological polar surface area (TPSA) is 122 Å². The lowest BCUT2D eigenvalue weighted by Crippen LogP contribution is -2.51. The van der Waals surface area contributed by atoms with Crippen LogP contribution in [0.5, 0.6) is 0 Å². The molecule has 40 heavy (non-hydrogen) atoms. The van der Waals surface area contributed by atoms with E-state index in [4.69, 9.17) is 40.5 Å². The highest BCUT2D eigenvalue weighted by molar-refractivity contribution is 7.92. The highest BCUT2D eigenvalue weighted by Gasteiger charge is 2.36. The molecule has 0 aliphatic carbocycles. The van der Waals surface area contributed by atoms with E-state index in [0.29, 0.717) is 29.6 Å². The van der Waals surface area contributed by atoms with Gasteiger partial charge in [-0.15, -0.1) is 0 Å². The first-order chi connectivity index (χ1) is 18.9. The number of nitrogens with two attached hydrogens (primary N) is 1. The van der Waals surface area contributed by atoms with Crippen molar-refractivity contribution >= 4 is 62.3 Å². The molecular weight excluding hydrogens is 595 g/mol. The number of sulfonamides is 1. The molecule has 3 aromatic rings. The Morgan fingerprint density at radius 1 is 0.925 bits per heavy atom. The van der Waals surface area contributed by atoms with Crippen LogP contribution in [0.1, 0.15) is 40.9 Å². The highest BCUT2D eigenvalue weighted by Crippen LogP contribution is 2.36. The van der Waals surface area contributed by atoms with Crippen LogP contribution in [0.4, 0.5) is 5.69 Å². The molecule has 0 bridgehead atoms. The first kappa shape index (κ1) is 30.1. The van der Waals surface area contributed by atoms with Gasteiger partial charge in [-0.3, -0.25) is 19.2 Å². The Hall–Kier alpha value is -2.82. The number of amides is 2. The predicted octanol–water partition coefficient (Wildman–Crippen LogP) is 5.10. The van der Waals surface area contributed by atoms with Gasteiger partial charge >= 0.3 is 0 Å². The molecular formula is C28H29Cl3N4O4S. The molecule has 0 radical (unpaired) electrons. The zero-order chi connectivity index (χ0) is 29.0. The summed E-state index contributed by atoms with van der Waals surface area (Å²) < 4.78 is 28.6. The second kappa shape index (κ2) is 12.8. The third kappa shape index (κ3) is 7.67. The van der Waals surface area contributed by atoms with Gasteiger partial charge in [0.15, 0.2) is 0 Å². The lowest BCUT2D eigenvalue weighted by Gasteiger charge is -2.44. The molecule has 1 saturated heterocycles. The fourth-order valence-corrected chi connectivity index (χ4v) is 6.64. The smallest absolute Gasteiger partial charge is 0.252 e. The van der Waals surface area contributed by atoms with Gasteiger partial charge in [0.2, 0.25) is 15.9 Å². The number of nitrogens with zero attached hydrogens (tertiary/aromatic N) is 1. The molecule has 0 spiro atoms. The Labute approximate surface area is 248 Å². The van der Waals surface area contributed by atoms with Gasteiger partial charge in [0.1, 0.15) is 6.04 Å². The van der Waals surface area contributed by atoms with Crippen LogP contribution >= 0.6 is 34.8 Å². The van der Waals surface area contributed by atoms with Crippen molar-refractivity contribution in [3.63, 3.8) is 0 Å². The Balaban J connectivity index is 1.43. The number of halogens is 3. The summed E-state index contributed by atoms with van der Waals surface area (Å²) in [6.45, 7) is 2.83. The number of rotatable bonds is 11. The van der Waals surface area contributed by atoms with Crippen molar-refractivity contribution in [3.05, 3.63) is 98.5 Å². The van der Waals surface area contributed by atoms with E-state index in [0.717, 1.165) is 11.1 Å². The number of hydrogen-bond donors (Lipinski definition) is 3. The largest absolute Gasteiger partial charge is 0.368 e. The number of nitrogens with one attached hydrogen (secondary N) is 2. The van der Waals surface area contributed by atoms with Crippen molar-refractivity contribution in [2.75, 3.05) is 23.6 Å². The van der Waals surface area contributed by atoms with Gasteiger partial charge in [-0.25, -0.2) is 8.42 Å². The lowest BCUT2D eigenvalue weighted by atomic mass is 9.91. The molecule has 1 unspecified atom stereocenters. The monoisotopic (exact) mass is 622 g/mol. The van der Waals surface area contributed by atoms with Crippen LogP contribution in [0.25, 0.3) is 0 Å². The minimum absolute atomic E-state index is 0.0807. The predicted molar refractivity (Wildman–Crippen MR) is 159 cm³/mol. The molecule has 12 heteroatoms. The number of carbonyl (C=O) groups is 2. The number of primary amides is 1. The van der Waals surface area contributed by atoms with Crippen LogP contribution in [-0.2, 0) is 14.8 Å². The molecule has 0 saturated carbocycles. The maximum atomic E-state index is 13.0. The Kier molecular flexibility index (Phi) is 9.64. The van der Waals surface area contributed by atoms with Gasteiger partial charge < -0.3 is 11.1 Å². The van der Waals surface area contributed by atoms with Gasteiger partial charge in [0.05, 0.1) is 17.5 Å². The van der Waals surface area contributed by atoms with Crippen LogP contribution in [0.15, 0.2) is 66.7 Å². The molecule has 4 N–H and O–H groups in total. The van der Waals surface area contributed by atoms with Gasteiger partial charge in [0.25, 0.3) is 5.91 Å². The van der Waals surface area contributed by atoms with E-state index in [-0.39, 0.29) is 34.0 Å². The third-order valence-electron chi connectivity index (χ3n) is 6.67. The molecule has 1 atom stereocenters. The lowest BCUT2D eigenvalue weighted by molar-refractivity contribution is -0.119. The van der Waals surface area contributed by atoms with Gasteiger partial charge in [-0.1, -0.05) is 66.0 Å². The number of carbonyl (C=O) groups excluding carboxylic acids is 2. The SMILES string of the molecule is CCC(NC(=O)c1cc(Cl)cc(NS(=O)(=O)CC2CN(C(c3ccc(Cl)cc3)c3ccc(Cl)cc3)C2)c1)C(N)=O. The summed E-state index contributed by atoms with van der Waals surface area (Å²) in [6.07, 6.45) is 0.316. The Bertz CT molecular complexity index is 1430. The fourth-order valence-electron chi connectivity index (χ4n) is 4.76. The Morgan fingerprint density at radius 3 is 1.98 bits per heavy atom. The van der Waals surface area contributed by atoms with Crippen LogP contribution in [0.2, 0.25) is 15.1 Å². The van der Waals surface area contributed by atoms with Crippen LogP contribution < -0.4 is 15.8 Å². The minimum Gasteiger partial charge on any atom is -0.368 e. The second-order valence-electron chi connectivity index (χ2n) is 9.77. The summed E-state index contributed by atoms with van der Waals surface area (Å²) in [7, 11) is -3.76. The van der Waals surface area contributed by atoms with E-state index in [9.17, 15) is 18.0 Å². The fraction of sp³-hybridized carbons (Fsp3) is 0.286. The summed E-state index contributed by atoms with van der Waals surface area (Å²) in [6, 6.07) is 18.4. The van der Waals surface area contributed by atoms with Crippen LogP contribution in [0, 0.1) is 5.92 Å². The average Bonchev–Trinajstić information content (AvgIpc) is 2.86. The van der Waals surface area contributed by atoms with E-state index in [1.807, 2.05) is 48.5 Å². The molecule has 1 aliphatic heterocycles. The van der Waals surface area contributed by atoms with Crippen LogP contribution in [0.3, 0.4) is 0 Å². The van der Waals surface area contributed by atoms with Gasteiger partial charge in [-0.05, 0) is 60.0 Å². The molecule has 2 amide bonds. The van der Waals surface area contributed by atoms with Crippen molar-refractivity contribution in [3.8, 4) is 0 Å². The van der Waals surface area contributed by atoms with Crippen molar-refractivity contribution in [2.45, 2.75) is 25.4 Å². The average molecular weight is 624 g/mol. The van der Waals surface area contributed by atoms with Crippen molar-refractivity contribution in [1.82, 2.24) is 10.2 Å². The standard InChI is InChI=1S/C28H29Cl3N4O4S/c1-2-25(27(32)36)33-28(37)20-11-23(31)13-24(12-20)34-40(38,39)16-17-14-35(15-17)26(18-3-7-21(29)8-4-18)19-5-9-22(30)10-6-19/h3-13,17,25-26,34H,2,14-16H2,1H3,(H2,32,36)(H,33,37). The molecule has 4 rings (SSSR count). The number of anilines is 1. The molecule has 1 aliphatic rings. The van der Waals surface area contributed by atoms with Gasteiger partial charge in [0, 0.05) is 39.6 Å². The first-order valence-corrected chi connectivity index (χ1v) is 15.4. The normalized spacial score (nSPS) is 14.9. The summed E-state index contributed by atoms with van der Waals surface area (Å²) in [5.74, 6) is -1.46. The molecule has 8 nitrogen and oxygen atoms in total. The Morgan fingerprint density at radius 2 is 1.48 bits per heavy atom. The molecule has 3 aromatic carbocycles. The number of hydrogen-bond acceptors (Lipinski definition) is 5. The molecule has 1 fully saturated rings. The summed E-state index contributed by atoms with van der Waals surface area (Å²) in [5, 5.41) is 3.97. The summed E-state index contributed by atoms with van der Waals surface area (Å²) in [5.41, 5.74) is 7.64. The minimum atomic E-state index is -3.76. The van der Waals surface area contributed by atoms with E-state index in [2.05, 4.69) is 14.9 Å². The zero-order valence-electron chi connectivity index (χ0n) is 21.6. The van der Waals surface area contributed by atoms with E-state index < -0.39 is 27.9 Å². The van der Waals surface area contributed by atoms with Crippen molar-refractivity contribution < 1.29 is 18.0 Å². The molecule has 1 heterocycles. The highest BCUT2D eigenvalue weighted by atomic mass is 35.5. The third-order valence-corrected chi connectivity index (χ3v) is 8.85. The summed E-state index contributed by atoms with van der Waals surface area (Å²) >= 11 is 18.4. The number of likely N-dealkylation sites (tertiary alicyclic amines) is 1. The molecule has 212 valence electrons. The summed E-state index contributed by atoms with van der Waals surface area (Å²) in [4.78, 5) is 26.3. The van der Waals surface area contributed by atoms with Crippen molar-refractivity contribution in [1.29, 1.82) is 0 Å².